The first kappa shape index (κ1) is 29.0. The number of sulfonamides is 1. The molecule has 0 unspecified atom stereocenters. The quantitative estimate of drug-likeness (QED) is 0.207. The molecule has 2 N–H and O–H groups in total. The third kappa shape index (κ3) is 5.84. The van der Waals surface area contributed by atoms with Crippen LogP contribution in [0.1, 0.15) is 90.3 Å². The van der Waals surface area contributed by atoms with E-state index in [-0.39, 0.29) is 17.7 Å². The minimum Gasteiger partial charge on any atom is -0.341 e. The van der Waals surface area contributed by atoms with Gasteiger partial charge in [-0.1, -0.05) is 59.6 Å². The summed E-state index contributed by atoms with van der Waals surface area (Å²) in [4.78, 5) is 35.6. The normalized spacial score (nSPS) is 17.7. The molecule has 2 aromatic heterocycles. The predicted molar refractivity (Wildman–Crippen MR) is 169 cm³/mol. The number of rotatable bonds is 11. The maximum Gasteiger partial charge on any atom is 0.439 e. The lowest BCUT2D eigenvalue weighted by atomic mass is 9.83. The zero-order valence-corrected chi connectivity index (χ0v) is 26.3. The molecule has 3 aliphatic rings. The highest BCUT2D eigenvalue weighted by molar-refractivity contribution is 7.91. The largest absolute Gasteiger partial charge is 0.439 e. The zero-order valence-electron chi connectivity index (χ0n) is 24.7. The van der Waals surface area contributed by atoms with Crippen LogP contribution in [0, 0.1) is 12.8 Å². The van der Waals surface area contributed by atoms with Crippen molar-refractivity contribution < 1.29 is 17.7 Å². The Bertz CT molecular complexity index is 1860. The molecule has 0 aliphatic heterocycles. The number of aryl methyl sites for hydroxylation is 1. The van der Waals surface area contributed by atoms with Crippen LogP contribution in [-0.2, 0) is 10.0 Å². The molecular formula is C32H35N5O5S2. The van der Waals surface area contributed by atoms with Gasteiger partial charge in [0.1, 0.15) is 5.69 Å². The molecule has 3 saturated carbocycles. The van der Waals surface area contributed by atoms with Gasteiger partial charge in [0.05, 0.1) is 11.3 Å². The number of benzene rings is 2. The molecule has 2 heterocycles. The lowest BCUT2D eigenvalue weighted by molar-refractivity contribution is 0.0975. The number of H-pyrrole nitrogens is 1. The van der Waals surface area contributed by atoms with Crippen molar-refractivity contribution in [3.8, 4) is 22.5 Å². The summed E-state index contributed by atoms with van der Waals surface area (Å²) < 4.78 is 32.3. The number of nitrogens with zero attached hydrogens (tertiary/aromatic N) is 3. The highest BCUT2D eigenvalue weighted by Gasteiger charge is 2.39. The van der Waals surface area contributed by atoms with Crippen LogP contribution in [0.5, 0.6) is 0 Å². The maximum atomic E-state index is 13.3. The van der Waals surface area contributed by atoms with E-state index >= 15 is 0 Å². The highest BCUT2D eigenvalue weighted by Crippen LogP contribution is 2.45. The van der Waals surface area contributed by atoms with Crippen LogP contribution in [0.3, 0.4) is 0 Å². The third-order valence-electron chi connectivity index (χ3n) is 8.97. The van der Waals surface area contributed by atoms with Gasteiger partial charge in [0.15, 0.2) is 11.0 Å². The number of anilines is 1. The van der Waals surface area contributed by atoms with Gasteiger partial charge in [0.25, 0.3) is 5.91 Å². The van der Waals surface area contributed by atoms with E-state index in [0.29, 0.717) is 24.6 Å². The van der Waals surface area contributed by atoms with Crippen LogP contribution in [0.2, 0.25) is 0 Å². The Labute approximate surface area is 259 Å². The third-order valence-corrected chi connectivity index (χ3v) is 12.0. The first-order valence-electron chi connectivity index (χ1n) is 15.3. The predicted octanol–water partition coefficient (Wildman–Crippen LogP) is 5.93. The lowest BCUT2D eigenvalue weighted by Gasteiger charge is -2.30. The van der Waals surface area contributed by atoms with E-state index in [1.165, 1.54) is 0 Å². The molecule has 12 heteroatoms. The van der Waals surface area contributed by atoms with Gasteiger partial charge in [-0.3, -0.25) is 14.3 Å². The van der Waals surface area contributed by atoms with Gasteiger partial charge in [0, 0.05) is 17.0 Å². The number of hydrogen-bond donors (Lipinski definition) is 2. The smallest absolute Gasteiger partial charge is 0.341 e. The monoisotopic (exact) mass is 633 g/mol. The lowest BCUT2D eigenvalue weighted by Crippen LogP contribution is -2.34. The Balaban J connectivity index is 1.19. The molecule has 44 heavy (non-hydrogen) atoms. The van der Waals surface area contributed by atoms with Gasteiger partial charge < -0.3 is 4.90 Å². The van der Waals surface area contributed by atoms with E-state index in [2.05, 4.69) is 57.0 Å². The number of amides is 1. The number of aromatic amines is 1. The second-order valence-corrected chi connectivity index (χ2v) is 15.4. The minimum atomic E-state index is -3.67. The van der Waals surface area contributed by atoms with Crippen molar-refractivity contribution in [1.82, 2.24) is 19.8 Å². The van der Waals surface area contributed by atoms with E-state index in [0.717, 1.165) is 76.5 Å². The van der Waals surface area contributed by atoms with Gasteiger partial charge in [-0.05, 0) is 80.9 Å². The summed E-state index contributed by atoms with van der Waals surface area (Å²) in [5.74, 6) is -0.00817. The Morgan fingerprint density at radius 1 is 1.09 bits per heavy atom. The summed E-state index contributed by atoms with van der Waals surface area (Å²) in [7, 11) is -3.67. The fraction of sp³-hybridized carbons (Fsp3) is 0.438. The van der Waals surface area contributed by atoms with Crippen molar-refractivity contribution in [2.45, 2.75) is 76.0 Å². The standard InChI is InChI=1S/C32H35N5O5S2/c1-18-6-15-25(29-34-32(39)42-35-29)26(16-18)22-11-9-21(10-12-22)19(2)37(17-20-7-8-20)31-33-27(28(43-31)23-4-3-5-23)30(38)36-44(40,41)24-13-14-24/h6,9-12,15-16,19-20,23-24H,3-5,7-8,13-14,17H2,1-2H3,(H,36,38)(H,34,35,39)/t19-/m1/s1. The van der Waals surface area contributed by atoms with Crippen molar-refractivity contribution in [2.75, 3.05) is 11.4 Å². The van der Waals surface area contributed by atoms with Crippen LogP contribution in [-0.4, -0.2) is 41.2 Å². The number of thiazole rings is 1. The summed E-state index contributed by atoms with van der Waals surface area (Å²) in [5.41, 5.74) is 5.14. The molecule has 2 aromatic carbocycles. The van der Waals surface area contributed by atoms with Gasteiger partial charge in [-0.25, -0.2) is 22.9 Å². The molecule has 3 aliphatic carbocycles. The van der Waals surface area contributed by atoms with E-state index in [1.54, 1.807) is 11.3 Å². The van der Waals surface area contributed by atoms with E-state index in [4.69, 9.17) is 9.51 Å². The van der Waals surface area contributed by atoms with Crippen LogP contribution >= 0.6 is 11.3 Å². The molecule has 230 valence electrons. The van der Waals surface area contributed by atoms with E-state index in [1.807, 2.05) is 19.1 Å². The van der Waals surface area contributed by atoms with Crippen molar-refractivity contribution >= 4 is 32.4 Å². The summed E-state index contributed by atoms with van der Waals surface area (Å²) in [6, 6.07) is 14.3. The number of carbonyl (C=O) groups is 1. The van der Waals surface area contributed by atoms with E-state index in [9.17, 15) is 18.0 Å². The first-order valence-corrected chi connectivity index (χ1v) is 17.6. The fourth-order valence-corrected chi connectivity index (χ4v) is 8.34. The molecule has 10 nitrogen and oxygen atoms in total. The van der Waals surface area contributed by atoms with Crippen molar-refractivity contribution in [3.63, 3.8) is 0 Å². The van der Waals surface area contributed by atoms with Crippen molar-refractivity contribution in [1.29, 1.82) is 0 Å². The SMILES string of the molecule is Cc1ccc(-c2noc(=O)[nH]2)c(-c2ccc([C@@H](C)N(CC3CC3)c3nc(C(=O)NS(=O)(=O)C4CC4)c(C4CCC4)s3)cc2)c1. The van der Waals surface area contributed by atoms with Crippen LogP contribution in [0.25, 0.3) is 22.5 Å². The second kappa shape index (κ2) is 11.3. The van der Waals surface area contributed by atoms with Crippen LogP contribution in [0.4, 0.5) is 5.13 Å². The minimum absolute atomic E-state index is 0.0278. The van der Waals surface area contributed by atoms with Crippen LogP contribution in [0.15, 0.2) is 51.8 Å². The second-order valence-electron chi connectivity index (χ2n) is 12.4. The summed E-state index contributed by atoms with van der Waals surface area (Å²) in [6.07, 6.45) is 6.59. The average Bonchev–Trinajstić information content (AvgIpc) is 3.90. The summed E-state index contributed by atoms with van der Waals surface area (Å²) >= 11 is 1.54. The Morgan fingerprint density at radius 2 is 1.84 bits per heavy atom. The highest BCUT2D eigenvalue weighted by atomic mass is 32.2. The Morgan fingerprint density at radius 3 is 2.45 bits per heavy atom. The maximum absolute atomic E-state index is 13.3. The molecule has 0 radical (unpaired) electrons. The molecule has 3 fully saturated rings. The number of aromatic nitrogens is 3. The zero-order chi connectivity index (χ0) is 30.6. The number of carbonyl (C=O) groups excluding carboxylic acids is 1. The Kier molecular flexibility index (Phi) is 7.44. The summed E-state index contributed by atoms with van der Waals surface area (Å²) in [5, 5.41) is 4.19. The van der Waals surface area contributed by atoms with Gasteiger partial charge in [-0.15, -0.1) is 11.3 Å². The molecule has 7 rings (SSSR count). The molecule has 1 amide bonds. The van der Waals surface area contributed by atoms with Crippen molar-refractivity contribution in [3.05, 3.63) is 74.7 Å². The number of hydrogen-bond acceptors (Lipinski definition) is 9. The van der Waals surface area contributed by atoms with Gasteiger partial charge in [-0.2, -0.15) is 0 Å². The summed E-state index contributed by atoms with van der Waals surface area (Å²) in [6.45, 7) is 4.99. The average molecular weight is 634 g/mol. The molecule has 0 spiro atoms. The first-order chi connectivity index (χ1) is 21.2. The molecule has 1 atom stereocenters. The molecule has 0 bridgehead atoms. The van der Waals surface area contributed by atoms with Crippen molar-refractivity contribution in [2.24, 2.45) is 5.92 Å². The molecular weight excluding hydrogens is 599 g/mol. The molecule has 0 saturated heterocycles. The van der Waals surface area contributed by atoms with Crippen LogP contribution < -0.4 is 15.4 Å². The molecule has 4 aromatic rings. The fourth-order valence-electron chi connectivity index (χ4n) is 5.74. The number of nitrogens with one attached hydrogen (secondary N) is 2. The Hall–Kier alpha value is -3.77. The topological polar surface area (TPSA) is 138 Å². The van der Waals surface area contributed by atoms with Gasteiger partial charge in [0.2, 0.25) is 10.0 Å². The van der Waals surface area contributed by atoms with E-state index < -0.39 is 26.9 Å². The van der Waals surface area contributed by atoms with Gasteiger partial charge >= 0.3 is 5.76 Å².